The zero-order valence-corrected chi connectivity index (χ0v) is 6.27. The fourth-order valence-corrected chi connectivity index (χ4v) is 1.77. The fraction of sp³-hybridized carbons (Fsp3) is 0. The van der Waals surface area contributed by atoms with Crippen molar-refractivity contribution in [2.45, 2.75) is 0 Å². The van der Waals surface area contributed by atoms with Gasteiger partial charge in [-0.3, -0.25) is 0 Å². The van der Waals surface area contributed by atoms with Crippen molar-refractivity contribution in [2.24, 2.45) is 0 Å². The molecule has 2 rings (SSSR count). The van der Waals surface area contributed by atoms with E-state index in [4.69, 9.17) is 0 Å². The molecular weight excluding hydrogens is 142 g/mol. The molecule has 0 amide bonds. The molecule has 0 spiro atoms. The van der Waals surface area contributed by atoms with E-state index >= 15 is 0 Å². The van der Waals surface area contributed by atoms with Crippen LogP contribution >= 0.6 is 11.3 Å². The molecule has 2 aromatic rings. The Labute approximate surface area is 63.5 Å². The molecule has 1 radical (unpaired) electrons. The van der Waals surface area contributed by atoms with Crippen LogP contribution in [0.3, 0.4) is 0 Å². The number of pyridine rings is 1. The second-order valence-electron chi connectivity index (χ2n) is 2.20. The molecule has 0 N–H and O–H groups in total. The van der Waals surface area contributed by atoms with Gasteiger partial charge in [-0.2, -0.15) is 4.57 Å². The lowest BCUT2D eigenvalue weighted by atomic mass is 10.3. The summed E-state index contributed by atoms with van der Waals surface area (Å²) < 4.78 is 3.11. The van der Waals surface area contributed by atoms with Crippen LogP contribution in [-0.2, 0) is 0 Å². The topological polar surface area (TPSA) is 3.88 Å². The molecule has 2 aromatic heterocycles. The van der Waals surface area contributed by atoms with Crippen LogP contribution in [0, 0.1) is 7.05 Å². The highest BCUT2D eigenvalue weighted by atomic mass is 32.1. The smallest absolute Gasteiger partial charge is 0.197 e. The molecular formula is C8H7NS+. The van der Waals surface area contributed by atoms with Gasteiger partial charge in [-0.15, -0.1) is 11.3 Å². The van der Waals surface area contributed by atoms with Crippen molar-refractivity contribution < 1.29 is 4.57 Å². The maximum Gasteiger partial charge on any atom is 0.206 e. The summed E-state index contributed by atoms with van der Waals surface area (Å²) in [5, 5.41) is 3.38. The highest BCUT2D eigenvalue weighted by Crippen LogP contribution is 2.17. The molecule has 0 aromatic carbocycles. The van der Waals surface area contributed by atoms with Crippen molar-refractivity contribution in [1.29, 1.82) is 0 Å². The normalized spacial score (nSPS) is 10.5. The molecule has 0 unspecified atom stereocenters. The summed E-state index contributed by atoms with van der Waals surface area (Å²) in [6.45, 7) is 0. The summed E-state index contributed by atoms with van der Waals surface area (Å²) in [5.74, 6) is 0. The Morgan fingerprint density at radius 1 is 1.40 bits per heavy atom. The fourth-order valence-electron chi connectivity index (χ4n) is 0.943. The Kier molecular flexibility index (Phi) is 1.21. The van der Waals surface area contributed by atoms with Crippen LogP contribution in [0.15, 0.2) is 29.9 Å². The zero-order valence-electron chi connectivity index (χ0n) is 5.45. The first-order valence-corrected chi connectivity index (χ1v) is 3.93. The lowest BCUT2D eigenvalue weighted by molar-refractivity contribution is -0.610. The van der Waals surface area contributed by atoms with E-state index in [1.165, 1.54) is 10.1 Å². The largest absolute Gasteiger partial charge is 0.206 e. The maximum absolute atomic E-state index is 3.77. The highest BCUT2D eigenvalue weighted by molar-refractivity contribution is 7.17. The third-order valence-corrected chi connectivity index (χ3v) is 2.32. The minimum atomic E-state index is 1.29. The molecule has 0 atom stereocenters. The van der Waals surface area contributed by atoms with E-state index in [9.17, 15) is 0 Å². The van der Waals surface area contributed by atoms with Gasteiger partial charge in [0, 0.05) is 11.5 Å². The second kappa shape index (κ2) is 2.06. The molecule has 10 heavy (non-hydrogen) atoms. The van der Waals surface area contributed by atoms with Crippen LogP contribution in [0.1, 0.15) is 0 Å². The quantitative estimate of drug-likeness (QED) is 0.503. The predicted octanol–water partition coefficient (Wildman–Crippen LogP) is 1.83. The summed E-state index contributed by atoms with van der Waals surface area (Å²) >= 11 is 1.74. The Balaban J connectivity index is 2.86. The van der Waals surface area contributed by atoms with Gasteiger partial charge in [-0.25, -0.2) is 0 Å². The third-order valence-electron chi connectivity index (χ3n) is 1.46. The van der Waals surface area contributed by atoms with Crippen LogP contribution in [0.4, 0.5) is 0 Å². The van der Waals surface area contributed by atoms with Gasteiger partial charge in [-0.1, -0.05) is 0 Å². The first-order chi connectivity index (χ1) is 4.86. The van der Waals surface area contributed by atoms with Crippen LogP contribution in [-0.4, -0.2) is 0 Å². The van der Waals surface area contributed by atoms with Crippen LogP contribution in [0.5, 0.6) is 0 Å². The Hall–Kier alpha value is -0.890. The number of rotatable bonds is 0. The van der Waals surface area contributed by atoms with Gasteiger partial charge in [0.15, 0.2) is 12.4 Å². The van der Waals surface area contributed by atoms with Gasteiger partial charge in [-0.05, 0) is 11.4 Å². The molecule has 0 fully saturated rings. The Morgan fingerprint density at radius 2 is 2.30 bits per heavy atom. The minimum Gasteiger partial charge on any atom is -0.197 e. The van der Waals surface area contributed by atoms with E-state index in [2.05, 4.69) is 24.6 Å². The summed E-state index contributed by atoms with van der Waals surface area (Å²) in [4.78, 5) is 0. The van der Waals surface area contributed by atoms with Crippen molar-refractivity contribution >= 4 is 21.4 Å². The number of fused-ring (bicyclic) bond motifs is 1. The van der Waals surface area contributed by atoms with Crippen LogP contribution in [0.25, 0.3) is 10.1 Å². The van der Waals surface area contributed by atoms with Gasteiger partial charge in [0.05, 0.1) is 4.70 Å². The zero-order chi connectivity index (χ0) is 6.97. The molecule has 2 heterocycles. The van der Waals surface area contributed by atoms with Crippen LogP contribution in [0.2, 0.25) is 0 Å². The molecule has 0 aliphatic rings. The Bertz CT molecular complexity index is 351. The van der Waals surface area contributed by atoms with Gasteiger partial charge in [0.25, 0.3) is 0 Å². The van der Waals surface area contributed by atoms with Gasteiger partial charge >= 0.3 is 0 Å². The molecule has 0 bridgehead atoms. The first-order valence-electron chi connectivity index (χ1n) is 3.06. The predicted molar refractivity (Wildman–Crippen MR) is 42.8 cm³/mol. The SMILES string of the molecule is [CH2][n+]1ccc2ccsc2c1. The standard InChI is InChI=1S/C8H7NS/c1-9-4-2-7-3-5-10-8(7)6-9/h2-6H,1H2/q+1. The summed E-state index contributed by atoms with van der Waals surface area (Å²) in [5.41, 5.74) is 0. The van der Waals surface area contributed by atoms with Gasteiger partial charge in [0.1, 0.15) is 0 Å². The van der Waals surface area contributed by atoms with E-state index in [0.29, 0.717) is 0 Å². The first kappa shape index (κ1) is 5.86. The average molecular weight is 149 g/mol. The van der Waals surface area contributed by atoms with Crippen LogP contribution < -0.4 is 4.57 Å². The molecule has 49 valence electrons. The van der Waals surface area contributed by atoms with Crippen molar-refractivity contribution in [3.05, 3.63) is 37.0 Å². The third kappa shape index (κ3) is 0.809. The van der Waals surface area contributed by atoms with Gasteiger partial charge < -0.3 is 0 Å². The number of hydrogen-bond donors (Lipinski definition) is 0. The molecule has 0 aliphatic carbocycles. The highest BCUT2D eigenvalue weighted by Gasteiger charge is 1.97. The number of aromatic nitrogens is 1. The van der Waals surface area contributed by atoms with E-state index in [1.54, 1.807) is 11.3 Å². The average Bonchev–Trinajstić information content (AvgIpc) is 2.33. The number of nitrogens with zero attached hydrogens (tertiary/aromatic N) is 1. The van der Waals surface area contributed by atoms with E-state index < -0.39 is 0 Å². The van der Waals surface area contributed by atoms with E-state index in [1.807, 2.05) is 17.0 Å². The number of hydrogen-bond acceptors (Lipinski definition) is 1. The summed E-state index contributed by atoms with van der Waals surface area (Å²) in [6, 6.07) is 4.18. The second-order valence-corrected chi connectivity index (χ2v) is 3.15. The van der Waals surface area contributed by atoms with Crippen molar-refractivity contribution in [3.8, 4) is 0 Å². The lowest BCUT2D eigenvalue weighted by Crippen LogP contribution is -2.22. The Morgan fingerprint density at radius 3 is 3.20 bits per heavy atom. The molecule has 0 aliphatic heterocycles. The number of thiophene rings is 1. The van der Waals surface area contributed by atoms with Crippen molar-refractivity contribution in [3.63, 3.8) is 0 Å². The summed E-state index contributed by atoms with van der Waals surface area (Å²) in [7, 11) is 3.77. The lowest BCUT2D eigenvalue weighted by Gasteiger charge is -1.84. The minimum absolute atomic E-state index is 1.29. The molecule has 0 saturated carbocycles. The van der Waals surface area contributed by atoms with Crippen molar-refractivity contribution in [2.75, 3.05) is 0 Å². The molecule has 0 saturated heterocycles. The monoisotopic (exact) mass is 149 g/mol. The van der Waals surface area contributed by atoms with Gasteiger partial charge in [0.2, 0.25) is 7.05 Å². The maximum atomic E-state index is 3.77. The molecule has 2 heteroatoms. The van der Waals surface area contributed by atoms with E-state index in [0.717, 1.165) is 0 Å². The summed E-state index contributed by atoms with van der Waals surface area (Å²) in [6.07, 6.45) is 3.98. The molecule has 1 nitrogen and oxygen atoms in total. The van der Waals surface area contributed by atoms with Crippen molar-refractivity contribution in [1.82, 2.24) is 0 Å². The van der Waals surface area contributed by atoms with E-state index in [-0.39, 0.29) is 0 Å².